The van der Waals surface area contributed by atoms with Crippen LogP contribution in [-0.4, -0.2) is 40.4 Å². The fourth-order valence-electron chi connectivity index (χ4n) is 4.57. The number of carbonyl (C=O) groups excluding carboxylic acids is 1. The Labute approximate surface area is 161 Å². The molecule has 0 aromatic carbocycles. The van der Waals surface area contributed by atoms with E-state index < -0.39 is 23.3 Å². The lowest BCUT2D eigenvalue weighted by Crippen LogP contribution is -2.44. The lowest BCUT2D eigenvalue weighted by atomic mass is 9.66. The number of ether oxygens (including phenoxy) is 1. The van der Waals surface area contributed by atoms with Crippen LogP contribution in [0.1, 0.15) is 51.9 Å². The van der Waals surface area contributed by atoms with Crippen molar-refractivity contribution in [3.63, 3.8) is 0 Å². The Bertz CT molecular complexity index is 738. The molecule has 1 aromatic heterocycles. The van der Waals surface area contributed by atoms with Crippen LogP contribution in [0.3, 0.4) is 0 Å². The molecule has 1 saturated heterocycles. The topological polar surface area (TPSA) is 62.7 Å². The average molecular weight is 398 g/mol. The second kappa shape index (κ2) is 6.61. The zero-order valence-electron chi connectivity index (χ0n) is 15.8. The van der Waals surface area contributed by atoms with Gasteiger partial charge in [0.05, 0.1) is 22.9 Å². The number of alkyl halides is 3. The van der Waals surface area contributed by atoms with E-state index in [1.54, 1.807) is 11.0 Å². The Balaban J connectivity index is 1.41. The number of nitrogens with zero attached hydrogens (tertiary/aromatic N) is 2. The lowest BCUT2D eigenvalue weighted by Gasteiger charge is -2.41. The van der Waals surface area contributed by atoms with Crippen molar-refractivity contribution in [2.45, 2.75) is 69.8 Å². The number of hydrogen-bond acceptors (Lipinski definition) is 4. The minimum atomic E-state index is -4.46. The van der Waals surface area contributed by atoms with Crippen LogP contribution in [0, 0.1) is 11.3 Å². The molecule has 1 atom stereocenters. The quantitative estimate of drug-likeness (QED) is 0.837. The fraction of sp³-hybridized carbons (Fsp3) is 0.700. The Hall–Kier alpha value is -1.83. The van der Waals surface area contributed by atoms with Gasteiger partial charge in [-0.1, -0.05) is 0 Å². The number of aliphatic hydroxyl groups is 1. The van der Waals surface area contributed by atoms with E-state index in [1.807, 2.05) is 0 Å². The summed E-state index contributed by atoms with van der Waals surface area (Å²) in [5.74, 6) is 0.305. The summed E-state index contributed by atoms with van der Waals surface area (Å²) in [4.78, 5) is 18.7. The Morgan fingerprint density at radius 3 is 2.43 bits per heavy atom. The molecule has 3 fully saturated rings. The molecular weight excluding hydrogens is 373 g/mol. The largest absolute Gasteiger partial charge is 0.465 e. The van der Waals surface area contributed by atoms with Gasteiger partial charge in [-0.15, -0.1) is 0 Å². The molecule has 1 amide bonds. The number of amides is 1. The van der Waals surface area contributed by atoms with Crippen molar-refractivity contribution >= 4 is 11.6 Å². The number of pyridine rings is 1. The van der Waals surface area contributed by atoms with Gasteiger partial charge < -0.3 is 14.7 Å². The van der Waals surface area contributed by atoms with Gasteiger partial charge in [-0.2, -0.15) is 13.2 Å². The third-order valence-corrected chi connectivity index (χ3v) is 6.71. The molecular formula is C20H25F3N2O3. The van der Waals surface area contributed by atoms with E-state index in [0.717, 1.165) is 26.2 Å². The average Bonchev–Trinajstić information content (AvgIpc) is 3.45. The minimum Gasteiger partial charge on any atom is -0.465 e. The van der Waals surface area contributed by atoms with E-state index in [2.05, 4.69) is 4.98 Å². The third-order valence-electron chi connectivity index (χ3n) is 6.71. The maximum Gasteiger partial charge on any atom is 0.425 e. The molecule has 1 N–H and O–H groups in total. The lowest BCUT2D eigenvalue weighted by molar-refractivity contribution is -0.189. The maximum absolute atomic E-state index is 13.1. The van der Waals surface area contributed by atoms with Crippen LogP contribution in [0.25, 0.3) is 0 Å². The highest BCUT2D eigenvalue weighted by Gasteiger charge is 2.54. The number of anilines is 1. The van der Waals surface area contributed by atoms with Crippen molar-refractivity contribution < 1.29 is 27.8 Å². The van der Waals surface area contributed by atoms with Crippen LogP contribution in [0.4, 0.5) is 18.9 Å². The fourth-order valence-corrected chi connectivity index (χ4v) is 4.57. The number of carbonyl (C=O) groups is 1. The van der Waals surface area contributed by atoms with Crippen LogP contribution in [0.2, 0.25) is 0 Å². The summed E-state index contributed by atoms with van der Waals surface area (Å²) in [5.41, 5.74) is -0.465. The molecule has 2 heterocycles. The summed E-state index contributed by atoms with van der Waals surface area (Å²) >= 11 is 0. The highest BCUT2D eigenvalue weighted by Crippen LogP contribution is 2.54. The number of hydrogen-bond donors (Lipinski definition) is 1. The van der Waals surface area contributed by atoms with Gasteiger partial charge in [0.1, 0.15) is 0 Å². The van der Waals surface area contributed by atoms with Crippen LogP contribution in [0.15, 0.2) is 18.3 Å². The molecule has 4 rings (SSSR count). The standard InChI is InChI=1S/C20H25F3N2O3/c1-13(20(21,22)23)28-16-5-4-15(12-24-16)25-11-10-18(17(25)26)6-8-19(27,9-7-18)14-2-3-14/h4-5,12-14,27H,2-3,6-11H2,1H3/t13-,18?,19?/m1/s1. The minimum absolute atomic E-state index is 0.0319. The summed E-state index contributed by atoms with van der Waals surface area (Å²) in [5, 5.41) is 10.8. The second-order valence-corrected chi connectivity index (χ2v) is 8.52. The van der Waals surface area contributed by atoms with Crippen LogP contribution >= 0.6 is 0 Å². The molecule has 2 aliphatic carbocycles. The SMILES string of the molecule is C[C@@H](Oc1ccc(N2CCC3(CCC(O)(C4CC4)CC3)C2=O)cn1)C(F)(F)F. The van der Waals surface area contributed by atoms with E-state index in [9.17, 15) is 23.1 Å². The molecule has 0 bridgehead atoms. The van der Waals surface area contributed by atoms with E-state index in [4.69, 9.17) is 4.74 Å². The normalized spacial score (nSPS) is 32.0. The number of aromatic nitrogens is 1. The predicted molar refractivity (Wildman–Crippen MR) is 95.9 cm³/mol. The number of rotatable bonds is 4. The predicted octanol–water partition coefficient (Wildman–Crippen LogP) is 3.85. The van der Waals surface area contributed by atoms with Crippen molar-refractivity contribution in [3.05, 3.63) is 18.3 Å². The summed E-state index contributed by atoms with van der Waals surface area (Å²) in [6.45, 7) is 1.48. The summed E-state index contributed by atoms with van der Waals surface area (Å²) in [7, 11) is 0. The first kappa shape index (κ1) is 19.5. The van der Waals surface area contributed by atoms with Gasteiger partial charge in [0.15, 0.2) is 6.10 Å². The second-order valence-electron chi connectivity index (χ2n) is 8.52. The molecule has 154 valence electrons. The van der Waals surface area contributed by atoms with E-state index in [1.165, 1.54) is 12.3 Å². The van der Waals surface area contributed by atoms with Gasteiger partial charge in [-0.05, 0) is 63.9 Å². The zero-order chi connectivity index (χ0) is 20.2. The molecule has 1 aliphatic heterocycles. The van der Waals surface area contributed by atoms with Crippen molar-refractivity contribution in [2.75, 3.05) is 11.4 Å². The summed E-state index contributed by atoms with van der Waals surface area (Å²) in [6.07, 6.45) is 0.577. The molecule has 0 unspecified atom stereocenters. The van der Waals surface area contributed by atoms with Gasteiger partial charge >= 0.3 is 6.18 Å². The van der Waals surface area contributed by atoms with Crippen LogP contribution in [0.5, 0.6) is 5.88 Å². The van der Waals surface area contributed by atoms with Gasteiger partial charge in [-0.25, -0.2) is 4.98 Å². The first-order valence-corrected chi connectivity index (χ1v) is 9.87. The van der Waals surface area contributed by atoms with Gasteiger partial charge in [-0.3, -0.25) is 4.79 Å². The first-order chi connectivity index (χ1) is 13.1. The zero-order valence-corrected chi connectivity index (χ0v) is 15.8. The van der Waals surface area contributed by atoms with Crippen LogP contribution in [-0.2, 0) is 4.79 Å². The van der Waals surface area contributed by atoms with Gasteiger partial charge in [0, 0.05) is 12.6 Å². The Kier molecular flexibility index (Phi) is 4.60. The van der Waals surface area contributed by atoms with E-state index in [0.29, 0.717) is 43.8 Å². The van der Waals surface area contributed by atoms with E-state index in [-0.39, 0.29) is 11.8 Å². The molecule has 1 spiro atoms. The highest BCUT2D eigenvalue weighted by molar-refractivity contribution is 5.99. The smallest absolute Gasteiger partial charge is 0.425 e. The number of halogens is 3. The third kappa shape index (κ3) is 3.47. The first-order valence-electron chi connectivity index (χ1n) is 9.87. The van der Waals surface area contributed by atoms with Crippen LogP contribution < -0.4 is 9.64 Å². The van der Waals surface area contributed by atoms with Crippen molar-refractivity contribution in [2.24, 2.45) is 11.3 Å². The monoisotopic (exact) mass is 398 g/mol. The molecule has 2 saturated carbocycles. The van der Waals surface area contributed by atoms with Gasteiger partial charge in [0.25, 0.3) is 0 Å². The molecule has 28 heavy (non-hydrogen) atoms. The maximum atomic E-state index is 13.1. The highest BCUT2D eigenvalue weighted by atomic mass is 19.4. The Morgan fingerprint density at radius 2 is 1.89 bits per heavy atom. The molecule has 3 aliphatic rings. The Morgan fingerprint density at radius 1 is 1.21 bits per heavy atom. The van der Waals surface area contributed by atoms with Crippen molar-refractivity contribution in [1.29, 1.82) is 0 Å². The van der Waals surface area contributed by atoms with Crippen molar-refractivity contribution in [3.8, 4) is 5.88 Å². The molecule has 5 nitrogen and oxygen atoms in total. The molecule has 1 aromatic rings. The van der Waals surface area contributed by atoms with E-state index >= 15 is 0 Å². The van der Waals surface area contributed by atoms with Gasteiger partial charge in [0.2, 0.25) is 11.8 Å². The summed E-state index contributed by atoms with van der Waals surface area (Å²) in [6, 6.07) is 2.94. The summed E-state index contributed by atoms with van der Waals surface area (Å²) < 4.78 is 42.6. The molecule has 0 radical (unpaired) electrons. The molecule has 8 heteroatoms. The van der Waals surface area contributed by atoms with Crippen molar-refractivity contribution in [1.82, 2.24) is 4.98 Å².